The Morgan fingerprint density at radius 2 is 1.85 bits per heavy atom. The van der Waals surface area contributed by atoms with E-state index in [-0.39, 0.29) is 27.4 Å². The van der Waals surface area contributed by atoms with Crippen molar-refractivity contribution in [1.29, 1.82) is 0 Å². The number of para-hydroxylation sites is 1. The molecule has 26 heavy (non-hydrogen) atoms. The van der Waals surface area contributed by atoms with Gasteiger partial charge in [0, 0.05) is 24.3 Å². The molecule has 0 bridgehead atoms. The molecular formula is C19H18ClNO4S. The third-order valence-corrected chi connectivity index (χ3v) is 5.91. The minimum atomic E-state index is -3.53. The molecule has 3 rings (SSSR count). The lowest BCUT2D eigenvalue weighted by Crippen LogP contribution is -2.29. The van der Waals surface area contributed by atoms with Gasteiger partial charge in [-0.25, -0.2) is 8.42 Å². The zero-order chi connectivity index (χ0) is 19.1. The van der Waals surface area contributed by atoms with Crippen molar-refractivity contribution in [1.82, 2.24) is 4.90 Å². The smallest absolute Gasteiger partial charge is 0.254 e. The highest BCUT2D eigenvalue weighted by atomic mass is 35.5. The van der Waals surface area contributed by atoms with Crippen LogP contribution in [0.25, 0.3) is 11.0 Å². The molecule has 1 heterocycles. The van der Waals surface area contributed by atoms with Crippen LogP contribution < -0.4 is 0 Å². The van der Waals surface area contributed by atoms with Crippen LogP contribution in [0.5, 0.6) is 0 Å². The lowest BCUT2D eigenvalue weighted by atomic mass is 10.1. The summed E-state index contributed by atoms with van der Waals surface area (Å²) < 4.78 is 29.5. The topological polar surface area (TPSA) is 67.6 Å². The Labute approximate surface area is 157 Å². The number of fused-ring (bicyclic) bond motifs is 1. The van der Waals surface area contributed by atoms with Crippen molar-refractivity contribution in [2.45, 2.75) is 17.9 Å². The van der Waals surface area contributed by atoms with E-state index >= 15 is 0 Å². The summed E-state index contributed by atoms with van der Waals surface area (Å²) >= 11 is 5.95. The predicted molar refractivity (Wildman–Crippen MR) is 101 cm³/mol. The summed E-state index contributed by atoms with van der Waals surface area (Å²) in [7, 11) is -1.88. The molecule has 0 radical (unpaired) electrons. The summed E-state index contributed by atoms with van der Waals surface area (Å²) in [5, 5.41) is 1.05. The minimum Gasteiger partial charge on any atom is -0.459 e. The highest BCUT2D eigenvalue weighted by Crippen LogP contribution is 2.29. The van der Waals surface area contributed by atoms with E-state index in [1.165, 1.54) is 23.1 Å². The molecule has 1 amide bonds. The van der Waals surface area contributed by atoms with Gasteiger partial charge in [-0.15, -0.1) is 0 Å². The third kappa shape index (κ3) is 3.48. The molecule has 0 spiro atoms. The molecule has 1 unspecified atom stereocenters. The maximum Gasteiger partial charge on any atom is 0.254 e. The van der Waals surface area contributed by atoms with Gasteiger partial charge in [0.1, 0.15) is 11.3 Å². The number of hydrogen-bond donors (Lipinski definition) is 0. The average Bonchev–Trinajstić information content (AvgIpc) is 3.03. The largest absolute Gasteiger partial charge is 0.459 e. The third-order valence-electron chi connectivity index (χ3n) is 4.34. The molecule has 1 atom stereocenters. The van der Waals surface area contributed by atoms with Crippen LogP contribution in [0.3, 0.4) is 0 Å². The fourth-order valence-corrected chi connectivity index (χ4v) is 4.00. The Morgan fingerprint density at radius 3 is 2.50 bits per heavy atom. The van der Waals surface area contributed by atoms with Crippen molar-refractivity contribution >= 4 is 38.3 Å². The summed E-state index contributed by atoms with van der Waals surface area (Å²) in [6, 6.07) is 13.4. The molecule has 0 N–H and O–H groups in total. The van der Waals surface area contributed by atoms with Crippen LogP contribution in [0.4, 0.5) is 0 Å². The molecule has 0 aliphatic heterocycles. The number of furan rings is 1. The van der Waals surface area contributed by atoms with Crippen LogP contribution in [0, 0.1) is 0 Å². The molecule has 0 aliphatic carbocycles. The Morgan fingerprint density at radius 1 is 1.15 bits per heavy atom. The Balaban J connectivity index is 1.92. The Kier molecular flexibility index (Phi) is 4.82. The first-order valence-corrected chi connectivity index (χ1v) is 10.2. The van der Waals surface area contributed by atoms with Crippen molar-refractivity contribution in [3.8, 4) is 0 Å². The van der Waals surface area contributed by atoms with Gasteiger partial charge in [0.25, 0.3) is 5.91 Å². The maximum absolute atomic E-state index is 12.8. The van der Waals surface area contributed by atoms with Crippen LogP contribution in [-0.4, -0.2) is 32.5 Å². The second kappa shape index (κ2) is 6.78. The summed E-state index contributed by atoms with van der Waals surface area (Å²) in [5.41, 5.74) is 1.00. The molecule has 0 aliphatic rings. The van der Waals surface area contributed by atoms with Crippen LogP contribution in [0.15, 0.2) is 57.8 Å². The van der Waals surface area contributed by atoms with Crippen LogP contribution in [0.2, 0.25) is 5.02 Å². The second-order valence-electron chi connectivity index (χ2n) is 6.20. The number of sulfone groups is 1. The minimum absolute atomic E-state index is 0.0604. The second-order valence-corrected chi connectivity index (χ2v) is 8.59. The van der Waals surface area contributed by atoms with Gasteiger partial charge in [0.15, 0.2) is 9.84 Å². The van der Waals surface area contributed by atoms with Gasteiger partial charge in [-0.1, -0.05) is 29.8 Å². The molecule has 2 aromatic carbocycles. The molecule has 7 heteroatoms. The van der Waals surface area contributed by atoms with E-state index in [0.29, 0.717) is 5.76 Å². The zero-order valence-electron chi connectivity index (χ0n) is 14.6. The standard InChI is InChI=1S/C19H18ClNO4S/c1-12(17-10-13-6-4-5-7-16(13)25-17)21(2)19(22)14-8-9-15(20)18(11-14)26(3,23)24/h4-12H,1-3H3. The first kappa shape index (κ1) is 18.5. The zero-order valence-corrected chi connectivity index (χ0v) is 16.1. The molecule has 136 valence electrons. The van der Waals surface area contributed by atoms with Gasteiger partial charge in [0.2, 0.25) is 0 Å². The van der Waals surface area contributed by atoms with Crippen molar-refractivity contribution < 1.29 is 17.6 Å². The Hall–Kier alpha value is -2.31. The quantitative estimate of drug-likeness (QED) is 0.664. The van der Waals surface area contributed by atoms with E-state index in [0.717, 1.165) is 17.2 Å². The Bertz CT molecular complexity index is 1050. The number of hydrogen-bond acceptors (Lipinski definition) is 4. The fourth-order valence-electron chi connectivity index (χ4n) is 2.70. The first-order chi connectivity index (χ1) is 12.2. The number of carbonyl (C=O) groups is 1. The first-order valence-electron chi connectivity index (χ1n) is 7.93. The molecule has 0 fully saturated rings. The maximum atomic E-state index is 12.8. The summed E-state index contributed by atoms with van der Waals surface area (Å²) in [5.74, 6) is 0.332. The number of nitrogens with zero attached hydrogens (tertiary/aromatic N) is 1. The van der Waals surface area contributed by atoms with Gasteiger partial charge in [0.05, 0.1) is 16.0 Å². The number of amides is 1. The van der Waals surface area contributed by atoms with Crippen LogP contribution in [0.1, 0.15) is 29.1 Å². The highest BCUT2D eigenvalue weighted by molar-refractivity contribution is 7.90. The fraction of sp³-hybridized carbons (Fsp3) is 0.211. The van der Waals surface area contributed by atoms with E-state index in [9.17, 15) is 13.2 Å². The average molecular weight is 392 g/mol. The molecule has 3 aromatic rings. The van der Waals surface area contributed by atoms with E-state index in [1.54, 1.807) is 7.05 Å². The monoisotopic (exact) mass is 391 g/mol. The highest BCUT2D eigenvalue weighted by Gasteiger charge is 2.23. The number of halogens is 1. The summed E-state index contributed by atoms with van der Waals surface area (Å²) in [6.07, 6.45) is 1.06. The van der Waals surface area contributed by atoms with Crippen molar-refractivity contribution in [3.63, 3.8) is 0 Å². The van der Waals surface area contributed by atoms with Crippen molar-refractivity contribution in [2.75, 3.05) is 13.3 Å². The van der Waals surface area contributed by atoms with Gasteiger partial charge in [-0.3, -0.25) is 4.79 Å². The number of carbonyl (C=O) groups excluding carboxylic acids is 1. The van der Waals surface area contributed by atoms with Crippen LogP contribution >= 0.6 is 11.6 Å². The molecule has 1 aromatic heterocycles. The predicted octanol–water partition coefficient (Wildman–Crippen LogP) is 4.32. The summed E-state index contributed by atoms with van der Waals surface area (Å²) in [4.78, 5) is 14.3. The lowest BCUT2D eigenvalue weighted by molar-refractivity contribution is 0.0727. The lowest BCUT2D eigenvalue weighted by Gasteiger charge is -2.23. The van der Waals surface area contributed by atoms with E-state index in [1.807, 2.05) is 37.3 Å². The van der Waals surface area contributed by atoms with Gasteiger partial charge >= 0.3 is 0 Å². The van der Waals surface area contributed by atoms with Crippen molar-refractivity contribution in [2.24, 2.45) is 0 Å². The molecule has 0 saturated carbocycles. The molecule has 5 nitrogen and oxygen atoms in total. The number of rotatable bonds is 4. The van der Waals surface area contributed by atoms with Gasteiger partial charge in [-0.05, 0) is 37.3 Å². The summed E-state index contributed by atoms with van der Waals surface area (Å²) in [6.45, 7) is 1.85. The van der Waals surface area contributed by atoms with Gasteiger partial charge in [-0.2, -0.15) is 0 Å². The molecular weight excluding hydrogens is 374 g/mol. The van der Waals surface area contributed by atoms with Gasteiger partial charge < -0.3 is 9.32 Å². The molecule has 0 saturated heterocycles. The number of benzene rings is 2. The normalized spacial score (nSPS) is 12.9. The van der Waals surface area contributed by atoms with E-state index in [2.05, 4.69) is 0 Å². The van der Waals surface area contributed by atoms with Crippen LogP contribution in [-0.2, 0) is 9.84 Å². The van der Waals surface area contributed by atoms with E-state index in [4.69, 9.17) is 16.0 Å². The van der Waals surface area contributed by atoms with Crippen molar-refractivity contribution in [3.05, 3.63) is 64.9 Å². The SMILES string of the molecule is CC(c1cc2ccccc2o1)N(C)C(=O)c1ccc(Cl)c(S(C)(=O)=O)c1. The van der Waals surface area contributed by atoms with E-state index < -0.39 is 9.84 Å².